The smallest absolute Gasteiger partial charge is 0.223 e. The molecule has 0 unspecified atom stereocenters. The van der Waals surface area contributed by atoms with Crippen LogP contribution in [0.25, 0.3) is 0 Å². The first-order valence-corrected chi connectivity index (χ1v) is 6.45. The van der Waals surface area contributed by atoms with Gasteiger partial charge in [0.05, 0.1) is 6.54 Å². The summed E-state index contributed by atoms with van der Waals surface area (Å²) in [5.41, 5.74) is 5.51. The number of carbonyl (C=O) groups excluding carboxylic acids is 1. The summed E-state index contributed by atoms with van der Waals surface area (Å²) < 4.78 is 0. The fourth-order valence-corrected chi connectivity index (χ4v) is 2.31. The normalized spacial score (nSPS) is 17.4. The van der Waals surface area contributed by atoms with E-state index in [1.54, 1.807) is 4.90 Å². The molecule has 0 spiro atoms. The second-order valence-electron chi connectivity index (χ2n) is 4.65. The van der Waals surface area contributed by atoms with Gasteiger partial charge in [0.25, 0.3) is 0 Å². The number of nitrogens with two attached hydrogens (primary N) is 1. The molecule has 1 aliphatic rings. The maximum absolute atomic E-state index is 12.1. The second kappa shape index (κ2) is 7.14. The van der Waals surface area contributed by atoms with Gasteiger partial charge in [-0.3, -0.25) is 4.79 Å². The third-order valence-electron chi connectivity index (χ3n) is 3.29. The van der Waals surface area contributed by atoms with Gasteiger partial charge in [0.15, 0.2) is 5.84 Å². The van der Waals surface area contributed by atoms with Crippen molar-refractivity contribution in [3.05, 3.63) is 0 Å². The average Bonchev–Trinajstić information content (AvgIpc) is 2.86. The molecule has 1 aliphatic carbocycles. The van der Waals surface area contributed by atoms with Crippen LogP contribution in [0.4, 0.5) is 0 Å². The van der Waals surface area contributed by atoms with E-state index in [-0.39, 0.29) is 24.3 Å². The minimum absolute atomic E-state index is 0.113. The van der Waals surface area contributed by atoms with E-state index in [1.165, 1.54) is 12.8 Å². The molecule has 5 heteroatoms. The molecule has 17 heavy (non-hydrogen) atoms. The molecular formula is C12H23N3O2. The van der Waals surface area contributed by atoms with Gasteiger partial charge >= 0.3 is 0 Å². The van der Waals surface area contributed by atoms with Gasteiger partial charge in [-0.25, -0.2) is 0 Å². The summed E-state index contributed by atoms with van der Waals surface area (Å²) in [4.78, 5) is 13.9. The maximum Gasteiger partial charge on any atom is 0.223 e. The van der Waals surface area contributed by atoms with E-state index in [1.807, 2.05) is 0 Å². The highest BCUT2D eigenvalue weighted by molar-refractivity contribution is 5.87. The standard InChI is InChI=1S/C12H23N3O2/c1-2-3-8-12(16)15(9-11(13)14-17)10-6-4-5-7-10/h10,17H,2-9H2,1H3,(H2,13,14). The lowest BCUT2D eigenvalue weighted by Crippen LogP contribution is -2.44. The van der Waals surface area contributed by atoms with Gasteiger partial charge in [-0.2, -0.15) is 0 Å². The molecule has 0 saturated heterocycles. The van der Waals surface area contributed by atoms with Crippen LogP contribution in [-0.4, -0.2) is 34.4 Å². The van der Waals surface area contributed by atoms with Crippen LogP contribution in [0, 0.1) is 0 Å². The molecule has 98 valence electrons. The highest BCUT2D eigenvalue weighted by atomic mass is 16.4. The maximum atomic E-state index is 12.1. The lowest BCUT2D eigenvalue weighted by atomic mass is 10.1. The summed E-state index contributed by atoms with van der Waals surface area (Å²) in [6.07, 6.45) is 6.88. The van der Waals surface area contributed by atoms with Gasteiger partial charge in [-0.15, -0.1) is 0 Å². The molecule has 1 amide bonds. The number of oxime groups is 1. The number of amidine groups is 1. The molecule has 5 nitrogen and oxygen atoms in total. The van der Waals surface area contributed by atoms with Crippen LogP contribution in [0.3, 0.4) is 0 Å². The van der Waals surface area contributed by atoms with E-state index >= 15 is 0 Å². The minimum atomic E-state index is 0.113. The van der Waals surface area contributed by atoms with Crippen molar-refractivity contribution in [1.29, 1.82) is 0 Å². The summed E-state index contributed by atoms with van der Waals surface area (Å²) in [5.74, 6) is 0.243. The fourth-order valence-electron chi connectivity index (χ4n) is 2.31. The molecule has 0 aromatic heterocycles. The molecule has 0 bridgehead atoms. The summed E-state index contributed by atoms with van der Waals surface area (Å²) in [6.45, 7) is 2.32. The summed E-state index contributed by atoms with van der Waals surface area (Å²) in [7, 11) is 0. The third-order valence-corrected chi connectivity index (χ3v) is 3.29. The Balaban J connectivity index is 2.60. The van der Waals surface area contributed by atoms with Gasteiger partial charge in [0.1, 0.15) is 0 Å². The third kappa shape index (κ3) is 4.24. The number of rotatable bonds is 6. The van der Waals surface area contributed by atoms with Crippen LogP contribution in [0.2, 0.25) is 0 Å². The predicted molar refractivity (Wildman–Crippen MR) is 66.9 cm³/mol. The van der Waals surface area contributed by atoms with E-state index in [0.29, 0.717) is 6.42 Å². The van der Waals surface area contributed by atoms with E-state index in [9.17, 15) is 4.79 Å². The Morgan fingerprint density at radius 2 is 2.12 bits per heavy atom. The lowest BCUT2D eigenvalue weighted by Gasteiger charge is -2.28. The van der Waals surface area contributed by atoms with Crippen LogP contribution in [-0.2, 0) is 4.79 Å². The zero-order valence-electron chi connectivity index (χ0n) is 10.6. The lowest BCUT2D eigenvalue weighted by molar-refractivity contribution is -0.132. The Labute approximate surface area is 103 Å². The van der Waals surface area contributed by atoms with Crippen molar-refractivity contribution in [1.82, 2.24) is 4.90 Å². The minimum Gasteiger partial charge on any atom is -0.409 e. The number of unbranched alkanes of at least 4 members (excludes halogenated alkanes) is 1. The van der Waals surface area contributed by atoms with Crippen molar-refractivity contribution >= 4 is 11.7 Å². The van der Waals surface area contributed by atoms with E-state index in [2.05, 4.69) is 12.1 Å². The van der Waals surface area contributed by atoms with Crippen molar-refractivity contribution in [2.45, 2.75) is 57.9 Å². The quantitative estimate of drug-likeness (QED) is 0.321. The topological polar surface area (TPSA) is 78.9 Å². The molecule has 1 fully saturated rings. The van der Waals surface area contributed by atoms with Crippen molar-refractivity contribution in [3.8, 4) is 0 Å². The predicted octanol–water partition coefficient (Wildman–Crippen LogP) is 1.69. The Kier molecular flexibility index (Phi) is 5.80. The van der Waals surface area contributed by atoms with Crippen LogP contribution in [0.15, 0.2) is 5.16 Å². The SMILES string of the molecule is CCCCC(=O)N(CC(N)=NO)C1CCCC1. The number of nitrogens with zero attached hydrogens (tertiary/aromatic N) is 2. The Morgan fingerprint density at radius 3 is 2.65 bits per heavy atom. The van der Waals surface area contributed by atoms with Crippen molar-refractivity contribution in [2.75, 3.05) is 6.54 Å². The van der Waals surface area contributed by atoms with E-state index in [4.69, 9.17) is 10.9 Å². The van der Waals surface area contributed by atoms with Gasteiger partial charge in [0, 0.05) is 12.5 Å². The summed E-state index contributed by atoms with van der Waals surface area (Å²) in [5, 5.41) is 11.6. The molecule has 3 N–H and O–H groups in total. The van der Waals surface area contributed by atoms with Gasteiger partial charge in [-0.1, -0.05) is 31.3 Å². The molecular weight excluding hydrogens is 218 g/mol. The average molecular weight is 241 g/mol. The zero-order chi connectivity index (χ0) is 12.7. The molecule has 0 aromatic carbocycles. The first-order valence-electron chi connectivity index (χ1n) is 6.45. The monoisotopic (exact) mass is 241 g/mol. The molecule has 0 aromatic rings. The van der Waals surface area contributed by atoms with E-state index < -0.39 is 0 Å². The second-order valence-corrected chi connectivity index (χ2v) is 4.65. The van der Waals surface area contributed by atoms with Gasteiger partial charge < -0.3 is 15.8 Å². The van der Waals surface area contributed by atoms with Crippen molar-refractivity contribution in [2.24, 2.45) is 10.9 Å². The largest absolute Gasteiger partial charge is 0.409 e. The van der Waals surface area contributed by atoms with Crippen LogP contribution in [0.1, 0.15) is 51.9 Å². The van der Waals surface area contributed by atoms with Crippen LogP contribution >= 0.6 is 0 Å². The van der Waals surface area contributed by atoms with Gasteiger partial charge in [0.2, 0.25) is 5.91 Å². The number of hydrogen-bond acceptors (Lipinski definition) is 3. The highest BCUT2D eigenvalue weighted by Gasteiger charge is 2.26. The summed E-state index contributed by atoms with van der Waals surface area (Å²) in [6, 6.07) is 0.277. The van der Waals surface area contributed by atoms with E-state index in [0.717, 1.165) is 25.7 Å². The van der Waals surface area contributed by atoms with Crippen LogP contribution < -0.4 is 5.73 Å². The highest BCUT2D eigenvalue weighted by Crippen LogP contribution is 2.24. The Hall–Kier alpha value is -1.26. The Bertz CT molecular complexity index is 273. The number of amides is 1. The number of carbonyl (C=O) groups is 1. The molecule has 1 rings (SSSR count). The first kappa shape index (κ1) is 13.8. The van der Waals surface area contributed by atoms with Crippen LogP contribution in [0.5, 0.6) is 0 Å². The number of hydrogen-bond donors (Lipinski definition) is 2. The molecule has 0 heterocycles. The molecule has 1 saturated carbocycles. The molecule has 0 aliphatic heterocycles. The van der Waals surface area contributed by atoms with Gasteiger partial charge in [-0.05, 0) is 19.3 Å². The Morgan fingerprint density at radius 1 is 1.47 bits per heavy atom. The summed E-state index contributed by atoms with van der Waals surface area (Å²) >= 11 is 0. The fraction of sp³-hybridized carbons (Fsp3) is 0.833. The van der Waals surface area contributed by atoms with Crippen molar-refractivity contribution in [3.63, 3.8) is 0 Å². The first-order chi connectivity index (χ1) is 8.19. The molecule has 0 radical (unpaired) electrons. The zero-order valence-corrected chi connectivity index (χ0v) is 10.6. The molecule has 0 atom stereocenters. The van der Waals surface area contributed by atoms with Crippen molar-refractivity contribution < 1.29 is 10.0 Å².